The third kappa shape index (κ3) is 3.26. The molecule has 3 fully saturated rings. The van der Waals surface area contributed by atoms with Crippen LogP contribution in [0.25, 0.3) is 0 Å². The molecule has 0 aromatic rings. The minimum Gasteiger partial charge on any atom is -0.298 e. The summed E-state index contributed by atoms with van der Waals surface area (Å²) in [5.74, 6) is 0. The SMILES string of the molecule is CC(C)NC1(C#N)CCC(N2CCN3CCCCC3C2)C1. The number of hydrogen-bond donors (Lipinski definition) is 1. The van der Waals surface area contributed by atoms with Gasteiger partial charge in [-0.05, 0) is 52.5 Å². The largest absolute Gasteiger partial charge is 0.298 e. The molecule has 0 radical (unpaired) electrons. The zero-order chi connectivity index (χ0) is 14.9. The molecule has 0 amide bonds. The highest BCUT2D eigenvalue weighted by Gasteiger charge is 2.43. The summed E-state index contributed by atoms with van der Waals surface area (Å²) in [6.07, 6.45) is 7.36. The van der Waals surface area contributed by atoms with Crippen LogP contribution in [0.5, 0.6) is 0 Å². The van der Waals surface area contributed by atoms with E-state index >= 15 is 0 Å². The number of nitrogens with zero attached hydrogens (tertiary/aromatic N) is 3. The van der Waals surface area contributed by atoms with Gasteiger partial charge in [-0.1, -0.05) is 6.42 Å². The summed E-state index contributed by atoms with van der Waals surface area (Å²) in [4.78, 5) is 5.38. The summed E-state index contributed by atoms with van der Waals surface area (Å²) in [5, 5.41) is 13.2. The van der Waals surface area contributed by atoms with Crippen molar-refractivity contribution in [2.75, 3.05) is 26.2 Å². The standard InChI is InChI=1S/C17H30N4/c1-14(2)19-17(13-18)7-6-15(11-17)21-10-9-20-8-4-3-5-16(20)12-21/h14-16,19H,3-12H2,1-2H3. The Bertz CT molecular complexity index is 402. The zero-order valence-corrected chi connectivity index (χ0v) is 13.6. The monoisotopic (exact) mass is 290 g/mol. The highest BCUT2D eigenvalue weighted by atomic mass is 15.3. The molecule has 4 nitrogen and oxygen atoms in total. The predicted molar refractivity (Wildman–Crippen MR) is 85.0 cm³/mol. The van der Waals surface area contributed by atoms with E-state index < -0.39 is 0 Å². The summed E-state index contributed by atoms with van der Waals surface area (Å²) in [7, 11) is 0. The Morgan fingerprint density at radius 3 is 2.67 bits per heavy atom. The van der Waals surface area contributed by atoms with Crippen LogP contribution in [0.1, 0.15) is 52.4 Å². The Kier molecular flexibility index (Phi) is 4.54. The van der Waals surface area contributed by atoms with Gasteiger partial charge in [-0.15, -0.1) is 0 Å². The van der Waals surface area contributed by atoms with Crippen molar-refractivity contribution in [2.45, 2.75) is 76.0 Å². The van der Waals surface area contributed by atoms with Crippen LogP contribution in [0.3, 0.4) is 0 Å². The summed E-state index contributed by atoms with van der Waals surface area (Å²) >= 11 is 0. The van der Waals surface area contributed by atoms with E-state index in [0.29, 0.717) is 12.1 Å². The van der Waals surface area contributed by atoms with E-state index in [1.165, 1.54) is 51.9 Å². The van der Waals surface area contributed by atoms with Gasteiger partial charge in [0.1, 0.15) is 5.54 Å². The van der Waals surface area contributed by atoms with Crippen molar-refractivity contribution < 1.29 is 0 Å². The van der Waals surface area contributed by atoms with E-state index in [1.54, 1.807) is 0 Å². The lowest BCUT2D eigenvalue weighted by Gasteiger charge is -2.46. The molecule has 1 N–H and O–H groups in total. The molecular formula is C17H30N4. The van der Waals surface area contributed by atoms with Crippen LogP contribution >= 0.6 is 0 Å². The lowest BCUT2D eigenvalue weighted by Crippen LogP contribution is -2.57. The molecule has 2 saturated heterocycles. The number of nitrogens with one attached hydrogen (secondary N) is 1. The minimum absolute atomic E-state index is 0.275. The molecule has 1 aliphatic carbocycles. The molecule has 0 aromatic carbocycles. The molecular weight excluding hydrogens is 260 g/mol. The molecule has 0 aromatic heterocycles. The van der Waals surface area contributed by atoms with E-state index in [-0.39, 0.29) is 5.54 Å². The molecule has 1 saturated carbocycles. The van der Waals surface area contributed by atoms with Gasteiger partial charge in [0.15, 0.2) is 0 Å². The van der Waals surface area contributed by atoms with E-state index in [4.69, 9.17) is 0 Å². The Hall–Kier alpha value is -0.630. The van der Waals surface area contributed by atoms with Crippen molar-refractivity contribution in [1.29, 1.82) is 5.26 Å². The quantitative estimate of drug-likeness (QED) is 0.863. The fraction of sp³-hybridized carbons (Fsp3) is 0.941. The third-order valence-electron chi connectivity index (χ3n) is 5.65. The van der Waals surface area contributed by atoms with Gasteiger partial charge in [0.2, 0.25) is 0 Å². The van der Waals surface area contributed by atoms with E-state index in [0.717, 1.165) is 18.9 Å². The maximum absolute atomic E-state index is 9.63. The average Bonchev–Trinajstić information content (AvgIpc) is 2.91. The molecule has 0 spiro atoms. The Morgan fingerprint density at radius 1 is 1.10 bits per heavy atom. The third-order valence-corrected chi connectivity index (χ3v) is 5.65. The summed E-state index contributed by atoms with van der Waals surface area (Å²) in [6, 6.07) is 4.36. The van der Waals surface area contributed by atoms with Gasteiger partial charge < -0.3 is 0 Å². The average molecular weight is 290 g/mol. The first-order valence-electron chi connectivity index (χ1n) is 8.79. The van der Waals surface area contributed by atoms with Crippen LogP contribution in [0, 0.1) is 11.3 Å². The lowest BCUT2D eigenvalue weighted by atomic mass is 9.96. The zero-order valence-electron chi connectivity index (χ0n) is 13.6. The van der Waals surface area contributed by atoms with Crippen molar-refractivity contribution in [2.24, 2.45) is 0 Å². The lowest BCUT2D eigenvalue weighted by molar-refractivity contribution is 0.0275. The van der Waals surface area contributed by atoms with Crippen LogP contribution in [-0.4, -0.2) is 59.6 Å². The second-order valence-electron chi connectivity index (χ2n) is 7.57. The van der Waals surface area contributed by atoms with Crippen molar-refractivity contribution >= 4 is 0 Å². The second kappa shape index (κ2) is 6.24. The fourth-order valence-electron chi connectivity index (χ4n) is 4.66. The number of fused-ring (bicyclic) bond motifs is 1. The van der Waals surface area contributed by atoms with E-state index in [2.05, 4.69) is 35.0 Å². The number of rotatable bonds is 3. The number of nitriles is 1. The van der Waals surface area contributed by atoms with Gasteiger partial charge in [-0.25, -0.2) is 0 Å². The molecule has 3 atom stereocenters. The Labute approximate surface area is 129 Å². The Morgan fingerprint density at radius 2 is 1.90 bits per heavy atom. The van der Waals surface area contributed by atoms with E-state index in [1.807, 2.05) is 0 Å². The van der Waals surface area contributed by atoms with Gasteiger partial charge in [-0.2, -0.15) is 5.26 Å². The number of hydrogen-bond acceptors (Lipinski definition) is 4. The first-order chi connectivity index (χ1) is 10.1. The van der Waals surface area contributed by atoms with Crippen LogP contribution in [0.4, 0.5) is 0 Å². The molecule has 21 heavy (non-hydrogen) atoms. The van der Waals surface area contributed by atoms with Crippen LogP contribution < -0.4 is 5.32 Å². The Balaban J connectivity index is 1.60. The number of piperazine rings is 1. The van der Waals surface area contributed by atoms with Crippen LogP contribution in [-0.2, 0) is 0 Å². The first kappa shape index (κ1) is 15.3. The first-order valence-corrected chi connectivity index (χ1v) is 8.79. The second-order valence-corrected chi connectivity index (χ2v) is 7.57. The molecule has 3 rings (SSSR count). The topological polar surface area (TPSA) is 42.3 Å². The van der Waals surface area contributed by atoms with Crippen molar-refractivity contribution in [3.63, 3.8) is 0 Å². The molecule has 4 heteroatoms. The maximum Gasteiger partial charge on any atom is 0.108 e. The summed E-state index contributed by atoms with van der Waals surface area (Å²) < 4.78 is 0. The molecule has 3 aliphatic rings. The normalized spacial score (nSPS) is 38.4. The van der Waals surface area contributed by atoms with Crippen molar-refractivity contribution in [1.82, 2.24) is 15.1 Å². The van der Waals surface area contributed by atoms with Crippen LogP contribution in [0.2, 0.25) is 0 Å². The van der Waals surface area contributed by atoms with Gasteiger partial charge >= 0.3 is 0 Å². The molecule has 3 unspecified atom stereocenters. The molecule has 118 valence electrons. The molecule has 0 bridgehead atoms. The van der Waals surface area contributed by atoms with E-state index in [9.17, 15) is 5.26 Å². The highest BCUT2D eigenvalue weighted by Crippen LogP contribution is 2.35. The van der Waals surface area contributed by atoms with Gasteiger partial charge in [0.25, 0.3) is 0 Å². The fourth-order valence-corrected chi connectivity index (χ4v) is 4.66. The predicted octanol–water partition coefficient (Wildman–Crippen LogP) is 1.97. The van der Waals surface area contributed by atoms with Crippen molar-refractivity contribution in [3.05, 3.63) is 0 Å². The molecule has 2 heterocycles. The summed E-state index contributed by atoms with van der Waals surface area (Å²) in [5.41, 5.74) is -0.275. The number of piperidine rings is 1. The highest BCUT2D eigenvalue weighted by molar-refractivity contribution is 5.14. The smallest absolute Gasteiger partial charge is 0.108 e. The van der Waals surface area contributed by atoms with Crippen LogP contribution in [0.15, 0.2) is 0 Å². The van der Waals surface area contributed by atoms with Gasteiger partial charge in [0, 0.05) is 37.8 Å². The summed E-state index contributed by atoms with van der Waals surface area (Å²) in [6.45, 7) is 9.26. The van der Waals surface area contributed by atoms with Gasteiger partial charge in [0.05, 0.1) is 6.07 Å². The van der Waals surface area contributed by atoms with Crippen molar-refractivity contribution in [3.8, 4) is 6.07 Å². The van der Waals surface area contributed by atoms with Gasteiger partial charge in [-0.3, -0.25) is 15.1 Å². The minimum atomic E-state index is -0.275. The maximum atomic E-state index is 9.63. The molecule has 2 aliphatic heterocycles.